The fraction of sp³-hybridized carbons (Fsp3) is 0.500. The molecular formula is C14H21NO3. The Labute approximate surface area is 108 Å². The fourth-order valence-electron chi connectivity index (χ4n) is 1.55. The molecule has 1 N–H and O–H groups in total. The van der Waals surface area contributed by atoms with Gasteiger partial charge < -0.3 is 9.84 Å². The Kier molecular flexibility index (Phi) is 5.16. The van der Waals surface area contributed by atoms with Crippen molar-refractivity contribution in [2.45, 2.75) is 32.9 Å². The van der Waals surface area contributed by atoms with E-state index in [9.17, 15) is 4.79 Å². The molecule has 0 heterocycles. The van der Waals surface area contributed by atoms with Crippen molar-refractivity contribution in [2.24, 2.45) is 0 Å². The van der Waals surface area contributed by atoms with Crippen LogP contribution in [0.15, 0.2) is 30.3 Å². The van der Waals surface area contributed by atoms with Gasteiger partial charge in [-0.3, -0.25) is 4.90 Å². The normalized spacial score (nSPS) is 11.1. The summed E-state index contributed by atoms with van der Waals surface area (Å²) in [5.74, 6) is 0. The van der Waals surface area contributed by atoms with Crippen molar-refractivity contribution in [3.63, 3.8) is 0 Å². The molecule has 1 aromatic carbocycles. The number of rotatable bonds is 4. The van der Waals surface area contributed by atoms with E-state index in [1.807, 2.05) is 51.1 Å². The first-order valence-electron chi connectivity index (χ1n) is 6.04. The van der Waals surface area contributed by atoms with Crippen LogP contribution in [-0.2, 0) is 11.3 Å². The Morgan fingerprint density at radius 3 is 2.39 bits per heavy atom. The zero-order valence-electron chi connectivity index (χ0n) is 11.2. The molecule has 1 rings (SSSR count). The predicted octanol–water partition coefficient (Wildman–Crippen LogP) is 2.42. The molecule has 0 unspecified atom stereocenters. The van der Waals surface area contributed by atoms with Gasteiger partial charge in [-0.1, -0.05) is 30.3 Å². The highest BCUT2D eigenvalue weighted by Gasteiger charge is 2.27. The summed E-state index contributed by atoms with van der Waals surface area (Å²) in [6.45, 7) is 6.23. The van der Waals surface area contributed by atoms with Crippen molar-refractivity contribution in [2.75, 3.05) is 13.2 Å². The van der Waals surface area contributed by atoms with Crippen molar-refractivity contribution >= 4 is 6.09 Å². The van der Waals surface area contributed by atoms with E-state index in [0.29, 0.717) is 6.54 Å². The predicted molar refractivity (Wildman–Crippen MR) is 70.2 cm³/mol. The van der Waals surface area contributed by atoms with E-state index < -0.39 is 6.09 Å². The van der Waals surface area contributed by atoms with E-state index in [4.69, 9.17) is 9.84 Å². The summed E-state index contributed by atoms with van der Waals surface area (Å²) in [5.41, 5.74) is 0.718. The SMILES string of the molecule is CC(C)(C)N(Cc1ccccc1)C(=O)OCCO. The summed E-state index contributed by atoms with van der Waals surface area (Å²) in [5, 5.41) is 8.69. The molecular weight excluding hydrogens is 230 g/mol. The van der Waals surface area contributed by atoms with Crippen LogP contribution in [0.1, 0.15) is 26.3 Å². The molecule has 18 heavy (non-hydrogen) atoms. The minimum atomic E-state index is -0.402. The average molecular weight is 251 g/mol. The molecule has 0 aliphatic carbocycles. The number of amides is 1. The number of hydrogen-bond acceptors (Lipinski definition) is 3. The van der Waals surface area contributed by atoms with Crippen LogP contribution in [0, 0.1) is 0 Å². The smallest absolute Gasteiger partial charge is 0.410 e. The van der Waals surface area contributed by atoms with Gasteiger partial charge in [0.1, 0.15) is 6.61 Å². The largest absolute Gasteiger partial charge is 0.447 e. The van der Waals surface area contributed by atoms with Gasteiger partial charge in [-0.05, 0) is 26.3 Å². The van der Waals surface area contributed by atoms with Gasteiger partial charge in [0, 0.05) is 12.1 Å². The highest BCUT2D eigenvalue weighted by atomic mass is 16.6. The highest BCUT2D eigenvalue weighted by Crippen LogP contribution is 2.18. The Morgan fingerprint density at radius 1 is 1.28 bits per heavy atom. The maximum Gasteiger partial charge on any atom is 0.410 e. The Morgan fingerprint density at radius 2 is 1.89 bits per heavy atom. The molecule has 0 saturated heterocycles. The van der Waals surface area contributed by atoms with Crippen LogP contribution >= 0.6 is 0 Å². The molecule has 0 aromatic heterocycles. The summed E-state index contributed by atoms with van der Waals surface area (Å²) in [6, 6.07) is 9.76. The van der Waals surface area contributed by atoms with Gasteiger partial charge in [0.2, 0.25) is 0 Å². The molecule has 0 spiro atoms. The highest BCUT2D eigenvalue weighted by molar-refractivity contribution is 5.68. The maximum atomic E-state index is 11.9. The van der Waals surface area contributed by atoms with Gasteiger partial charge in [-0.25, -0.2) is 4.79 Å². The van der Waals surface area contributed by atoms with Crippen LogP contribution in [0.3, 0.4) is 0 Å². The van der Waals surface area contributed by atoms with Gasteiger partial charge in [0.25, 0.3) is 0 Å². The molecule has 0 bridgehead atoms. The maximum absolute atomic E-state index is 11.9. The van der Waals surface area contributed by atoms with E-state index in [1.54, 1.807) is 4.90 Å². The van der Waals surface area contributed by atoms with Crippen LogP contribution in [0.5, 0.6) is 0 Å². The third kappa shape index (κ3) is 4.37. The zero-order valence-corrected chi connectivity index (χ0v) is 11.2. The Balaban J connectivity index is 2.77. The standard InChI is InChI=1S/C14H21NO3/c1-14(2,3)15(13(17)18-10-9-16)11-12-7-5-4-6-8-12/h4-8,16H,9-11H2,1-3H3. The van der Waals surface area contributed by atoms with Gasteiger partial charge in [0.05, 0.1) is 6.61 Å². The van der Waals surface area contributed by atoms with Gasteiger partial charge in [-0.15, -0.1) is 0 Å². The number of aliphatic hydroxyl groups is 1. The third-order valence-electron chi connectivity index (χ3n) is 2.53. The minimum Gasteiger partial charge on any atom is -0.447 e. The van der Waals surface area contributed by atoms with Crippen molar-refractivity contribution in [1.29, 1.82) is 0 Å². The van der Waals surface area contributed by atoms with E-state index in [1.165, 1.54) is 0 Å². The number of benzene rings is 1. The lowest BCUT2D eigenvalue weighted by Gasteiger charge is -2.34. The average Bonchev–Trinajstić information content (AvgIpc) is 2.33. The molecule has 0 aliphatic heterocycles. The first-order valence-corrected chi connectivity index (χ1v) is 6.04. The summed E-state index contributed by atoms with van der Waals surface area (Å²) < 4.78 is 4.99. The van der Waals surface area contributed by atoms with Crippen molar-refractivity contribution in [3.05, 3.63) is 35.9 Å². The zero-order chi connectivity index (χ0) is 13.6. The number of nitrogens with zero attached hydrogens (tertiary/aromatic N) is 1. The van der Waals surface area contributed by atoms with Gasteiger partial charge >= 0.3 is 6.09 Å². The number of hydrogen-bond donors (Lipinski definition) is 1. The molecule has 1 aromatic rings. The first kappa shape index (κ1) is 14.5. The lowest BCUT2D eigenvalue weighted by Crippen LogP contribution is -2.45. The first-order chi connectivity index (χ1) is 8.45. The number of carbonyl (C=O) groups is 1. The van der Waals surface area contributed by atoms with Gasteiger partial charge in [-0.2, -0.15) is 0 Å². The topological polar surface area (TPSA) is 49.8 Å². The second-order valence-corrected chi connectivity index (χ2v) is 5.08. The molecule has 4 heteroatoms. The molecule has 0 aliphatic rings. The second-order valence-electron chi connectivity index (χ2n) is 5.08. The quantitative estimate of drug-likeness (QED) is 0.894. The van der Waals surface area contributed by atoms with Crippen LogP contribution in [-0.4, -0.2) is 34.9 Å². The molecule has 0 fully saturated rings. The molecule has 4 nitrogen and oxygen atoms in total. The monoisotopic (exact) mass is 251 g/mol. The second kappa shape index (κ2) is 6.40. The van der Waals surface area contributed by atoms with Gasteiger partial charge in [0.15, 0.2) is 0 Å². The molecule has 0 atom stereocenters. The van der Waals surface area contributed by atoms with E-state index >= 15 is 0 Å². The van der Waals surface area contributed by atoms with Crippen LogP contribution < -0.4 is 0 Å². The molecule has 1 amide bonds. The molecule has 0 saturated carbocycles. The number of ether oxygens (including phenoxy) is 1. The van der Waals surface area contributed by atoms with E-state index in [-0.39, 0.29) is 18.8 Å². The van der Waals surface area contributed by atoms with Crippen molar-refractivity contribution < 1.29 is 14.6 Å². The Hall–Kier alpha value is -1.55. The van der Waals surface area contributed by atoms with Crippen LogP contribution in [0.25, 0.3) is 0 Å². The van der Waals surface area contributed by atoms with Crippen molar-refractivity contribution in [1.82, 2.24) is 4.90 Å². The minimum absolute atomic E-state index is 0.0280. The Bertz CT molecular complexity index is 370. The van der Waals surface area contributed by atoms with Crippen LogP contribution in [0.2, 0.25) is 0 Å². The van der Waals surface area contributed by atoms with Crippen LogP contribution in [0.4, 0.5) is 4.79 Å². The summed E-state index contributed by atoms with van der Waals surface area (Å²) >= 11 is 0. The number of aliphatic hydroxyl groups excluding tert-OH is 1. The van der Waals surface area contributed by atoms with Crippen molar-refractivity contribution in [3.8, 4) is 0 Å². The summed E-state index contributed by atoms with van der Waals surface area (Å²) in [7, 11) is 0. The molecule has 100 valence electrons. The lowest BCUT2D eigenvalue weighted by atomic mass is 10.1. The van der Waals surface area contributed by atoms with E-state index in [0.717, 1.165) is 5.56 Å². The van der Waals surface area contributed by atoms with E-state index in [2.05, 4.69) is 0 Å². The fourth-order valence-corrected chi connectivity index (χ4v) is 1.55. The lowest BCUT2D eigenvalue weighted by molar-refractivity contribution is 0.0523. The summed E-state index contributed by atoms with van der Waals surface area (Å²) in [4.78, 5) is 13.6. The molecule has 0 radical (unpaired) electrons. The third-order valence-corrected chi connectivity index (χ3v) is 2.53. The number of carbonyl (C=O) groups excluding carboxylic acids is 1. The summed E-state index contributed by atoms with van der Waals surface area (Å²) in [6.07, 6.45) is -0.402.